The fourth-order valence-electron chi connectivity index (χ4n) is 1.95. The van der Waals surface area contributed by atoms with Gasteiger partial charge in [-0.1, -0.05) is 6.07 Å². The van der Waals surface area contributed by atoms with Crippen LogP contribution in [-0.2, 0) is 4.79 Å². The fourth-order valence-corrected chi connectivity index (χ4v) is 2.64. The van der Waals surface area contributed by atoms with Gasteiger partial charge in [0.2, 0.25) is 5.91 Å². The van der Waals surface area contributed by atoms with Gasteiger partial charge in [0.15, 0.2) is 0 Å². The minimum Gasteiger partial charge on any atom is -0.358 e. The molecule has 6 heteroatoms. The summed E-state index contributed by atoms with van der Waals surface area (Å²) >= 11 is 1.47. The first-order valence-corrected chi connectivity index (χ1v) is 6.84. The highest BCUT2D eigenvalue weighted by atomic mass is 32.1. The Labute approximate surface area is 110 Å². The van der Waals surface area contributed by atoms with Gasteiger partial charge in [-0.2, -0.15) is 0 Å². The number of piperazine rings is 1. The molecule has 5 nitrogen and oxygen atoms in total. The Balaban J connectivity index is 1.83. The lowest BCUT2D eigenvalue weighted by Crippen LogP contribution is -2.50. The van der Waals surface area contributed by atoms with E-state index in [0.29, 0.717) is 19.6 Å². The van der Waals surface area contributed by atoms with Gasteiger partial charge in [0.1, 0.15) is 0 Å². The first-order chi connectivity index (χ1) is 8.70. The molecule has 0 spiro atoms. The van der Waals surface area contributed by atoms with Crippen molar-refractivity contribution in [2.45, 2.75) is 0 Å². The molecule has 0 radical (unpaired) electrons. The van der Waals surface area contributed by atoms with Gasteiger partial charge in [0.05, 0.1) is 11.4 Å². The molecule has 0 aromatic carbocycles. The van der Waals surface area contributed by atoms with Gasteiger partial charge in [-0.25, -0.2) is 0 Å². The van der Waals surface area contributed by atoms with Gasteiger partial charge in [0, 0.05) is 33.2 Å². The second-order valence-electron chi connectivity index (χ2n) is 4.22. The molecule has 1 saturated heterocycles. The standard InChI is InChI=1S/C12H17N3O2S/c1-13-11(16)9-14-4-6-15(7-5-14)12(17)10-3-2-8-18-10/h2-3,8H,4-7,9H2,1H3,(H,13,16). The number of amides is 2. The molecule has 0 aliphatic carbocycles. The third kappa shape index (κ3) is 3.08. The van der Waals surface area contributed by atoms with Crippen molar-refractivity contribution < 1.29 is 9.59 Å². The van der Waals surface area contributed by atoms with Crippen LogP contribution in [0.25, 0.3) is 0 Å². The topological polar surface area (TPSA) is 52.7 Å². The van der Waals surface area contributed by atoms with Crippen LogP contribution in [0.5, 0.6) is 0 Å². The van der Waals surface area contributed by atoms with Crippen LogP contribution in [0.1, 0.15) is 9.67 Å². The van der Waals surface area contributed by atoms with Crippen LogP contribution in [-0.4, -0.2) is 61.4 Å². The summed E-state index contributed by atoms with van der Waals surface area (Å²) in [4.78, 5) is 28.0. The Hall–Kier alpha value is -1.40. The molecule has 1 aromatic rings. The van der Waals surface area contributed by atoms with E-state index in [1.807, 2.05) is 22.4 Å². The van der Waals surface area contributed by atoms with E-state index >= 15 is 0 Å². The zero-order valence-electron chi connectivity index (χ0n) is 10.4. The number of rotatable bonds is 3. The van der Waals surface area contributed by atoms with Crippen LogP contribution in [0, 0.1) is 0 Å². The molecule has 1 N–H and O–H groups in total. The summed E-state index contributed by atoms with van der Waals surface area (Å²) in [5.74, 6) is 0.123. The highest BCUT2D eigenvalue weighted by molar-refractivity contribution is 7.12. The van der Waals surface area contributed by atoms with E-state index in [0.717, 1.165) is 18.0 Å². The van der Waals surface area contributed by atoms with Crippen molar-refractivity contribution >= 4 is 23.2 Å². The molecule has 2 heterocycles. The van der Waals surface area contributed by atoms with Crippen molar-refractivity contribution in [2.75, 3.05) is 39.8 Å². The van der Waals surface area contributed by atoms with Gasteiger partial charge in [-0.3, -0.25) is 14.5 Å². The van der Waals surface area contributed by atoms with Crippen molar-refractivity contribution in [1.29, 1.82) is 0 Å². The molecule has 1 aliphatic rings. The number of hydrogen-bond donors (Lipinski definition) is 1. The highest BCUT2D eigenvalue weighted by Gasteiger charge is 2.23. The summed E-state index contributed by atoms with van der Waals surface area (Å²) in [6.07, 6.45) is 0. The van der Waals surface area contributed by atoms with E-state index in [1.54, 1.807) is 7.05 Å². The molecule has 0 atom stereocenters. The third-order valence-electron chi connectivity index (χ3n) is 3.04. The number of nitrogens with zero attached hydrogens (tertiary/aromatic N) is 2. The second-order valence-corrected chi connectivity index (χ2v) is 5.17. The van der Waals surface area contributed by atoms with E-state index in [-0.39, 0.29) is 11.8 Å². The van der Waals surface area contributed by atoms with E-state index in [4.69, 9.17) is 0 Å². The predicted molar refractivity (Wildman–Crippen MR) is 70.7 cm³/mol. The summed E-state index contributed by atoms with van der Waals surface area (Å²) in [7, 11) is 1.64. The Morgan fingerprint density at radius 2 is 2.06 bits per heavy atom. The molecule has 0 saturated carbocycles. The van der Waals surface area contributed by atoms with Crippen LogP contribution in [0.4, 0.5) is 0 Å². The summed E-state index contributed by atoms with van der Waals surface area (Å²) in [6, 6.07) is 3.74. The molecule has 0 unspecified atom stereocenters. The Morgan fingerprint density at radius 3 is 2.61 bits per heavy atom. The first-order valence-electron chi connectivity index (χ1n) is 5.96. The van der Waals surface area contributed by atoms with Gasteiger partial charge < -0.3 is 10.2 Å². The molecule has 98 valence electrons. The van der Waals surface area contributed by atoms with Gasteiger partial charge in [0.25, 0.3) is 5.91 Å². The molecular formula is C12H17N3O2S. The number of hydrogen-bond acceptors (Lipinski definition) is 4. The van der Waals surface area contributed by atoms with E-state index in [2.05, 4.69) is 10.2 Å². The lowest BCUT2D eigenvalue weighted by molar-refractivity contribution is -0.122. The van der Waals surface area contributed by atoms with Crippen LogP contribution in [0.2, 0.25) is 0 Å². The number of thiophene rings is 1. The SMILES string of the molecule is CNC(=O)CN1CCN(C(=O)c2cccs2)CC1. The predicted octanol–water partition coefficient (Wildman–Crippen LogP) is 0.252. The third-order valence-corrected chi connectivity index (χ3v) is 3.90. The van der Waals surface area contributed by atoms with Crippen molar-refractivity contribution in [3.05, 3.63) is 22.4 Å². The quantitative estimate of drug-likeness (QED) is 0.854. The van der Waals surface area contributed by atoms with Crippen molar-refractivity contribution in [2.24, 2.45) is 0 Å². The van der Waals surface area contributed by atoms with Gasteiger partial charge in [-0.05, 0) is 11.4 Å². The zero-order chi connectivity index (χ0) is 13.0. The summed E-state index contributed by atoms with van der Waals surface area (Å²) in [5.41, 5.74) is 0. The monoisotopic (exact) mass is 267 g/mol. The first kappa shape index (κ1) is 13.0. The lowest BCUT2D eigenvalue weighted by Gasteiger charge is -2.34. The molecule has 0 bridgehead atoms. The van der Waals surface area contributed by atoms with E-state index in [1.165, 1.54) is 11.3 Å². The number of carbonyl (C=O) groups excluding carboxylic acids is 2. The minimum absolute atomic E-state index is 0.0213. The zero-order valence-corrected chi connectivity index (χ0v) is 11.2. The smallest absolute Gasteiger partial charge is 0.264 e. The molecule has 1 aliphatic heterocycles. The molecule has 2 amide bonds. The van der Waals surface area contributed by atoms with Crippen LogP contribution in [0.3, 0.4) is 0 Å². The molecule has 1 aromatic heterocycles. The molecule has 2 rings (SSSR count). The van der Waals surface area contributed by atoms with Crippen LogP contribution >= 0.6 is 11.3 Å². The normalized spacial score (nSPS) is 16.6. The van der Waals surface area contributed by atoms with E-state index in [9.17, 15) is 9.59 Å². The number of likely N-dealkylation sites (N-methyl/N-ethyl adjacent to an activating group) is 1. The lowest BCUT2D eigenvalue weighted by atomic mass is 10.3. The Bertz CT molecular complexity index is 411. The van der Waals surface area contributed by atoms with Crippen molar-refractivity contribution in [3.63, 3.8) is 0 Å². The summed E-state index contributed by atoms with van der Waals surface area (Å²) in [5, 5.41) is 4.52. The molecular weight excluding hydrogens is 250 g/mol. The fraction of sp³-hybridized carbons (Fsp3) is 0.500. The Morgan fingerprint density at radius 1 is 1.33 bits per heavy atom. The maximum Gasteiger partial charge on any atom is 0.264 e. The maximum atomic E-state index is 12.1. The average molecular weight is 267 g/mol. The largest absolute Gasteiger partial charge is 0.358 e. The minimum atomic E-state index is 0.0213. The van der Waals surface area contributed by atoms with Crippen molar-refractivity contribution in [3.8, 4) is 0 Å². The molecule has 18 heavy (non-hydrogen) atoms. The second kappa shape index (κ2) is 5.97. The molecule has 1 fully saturated rings. The Kier molecular flexibility index (Phi) is 4.33. The van der Waals surface area contributed by atoms with E-state index < -0.39 is 0 Å². The van der Waals surface area contributed by atoms with Crippen molar-refractivity contribution in [1.82, 2.24) is 15.1 Å². The van der Waals surface area contributed by atoms with Gasteiger partial charge >= 0.3 is 0 Å². The number of carbonyl (C=O) groups is 2. The highest BCUT2D eigenvalue weighted by Crippen LogP contribution is 2.13. The maximum absolute atomic E-state index is 12.1. The summed E-state index contributed by atoms with van der Waals surface area (Å²) < 4.78 is 0. The average Bonchev–Trinajstić information content (AvgIpc) is 2.92. The summed E-state index contributed by atoms with van der Waals surface area (Å²) in [6.45, 7) is 3.30. The van der Waals surface area contributed by atoms with Gasteiger partial charge in [-0.15, -0.1) is 11.3 Å². The number of nitrogens with one attached hydrogen (secondary N) is 1. The van der Waals surface area contributed by atoms with Crippen LogP contribution in [0.15, 0.2) is 17.5 Å². The van der Waals surface area contributed by atoms with Crippen LogP contribution < -0.4 is 5.32 Å².